The summed E-state index contributed by atoms with van der Waals surface area (Å²) in [7, 11) is 0. The molecular weight excluding hydrogens is 520 g/mol. The third-order valence-electron chi connectivity index (χ3n) is 6.77. The van der Waals surface area contributed by atoms with Crippen LogP contribution in [-0.2, 0) is 10.7 Å². The Labute approximate surface area is 227 Å². The smallest absolute Gasteiger partial charge is 0.410 e. The summed E-state index contributed by atoms with van der Waals surface area (Å²) in [6.07, 6.45) is 7.58. The third-order valence-corrected chi connectivity index (χ3v) is 6.77. The maximum atomic E-state index is 15.7. The van der Waals surface area contributed by atoms with Crippen LogP contribution in [0, 0.1) is 0 Å². The largest absolute Gasteiger partial charge is 0.444 e. The number of fused-ring (bicyclic) bond motifs is 2. The van der Waals surface area contributed by atoms with Gasteiger partial charge in [-0.15, -0.1) is 10.2 Å². The Morgan fingerprint density at radius 2 is 1.85 bits per heavy atom. The Morgan fingerprint density at radius 1 is 1.05 bits per heavy atom. The lowest BCUT2D eigenvalue weighted by Crippen LogP contribution is -2.42. The van der Waals surface area contributed by atoms with E-state index in [4.69, 9.17) is 4.74 Å². The van der Waals surface area contributed by atoms with Crippen LogP contribution in [0.25, 0.3) is 27.9 Å². The third kappa shape index (κ3) is 4.82. The second kappa shape index (κ2) is 9.57. The maximum Gasteiger partial charge on any atom is 0.410 e. The van der Waals surface area contributed by atoms with Gasteiger partial charge in [0.2, 0.25) is 5.82 Å². The lowest BCUT2D eigenvalue weighted by atomic mass is 10.0. The maximum absolute atomic E-state index is 15.7. The standard InChI is InChI=1S/C27H27F2N9O2/c1-26(2,3)40-25(39)36-11-8-20(9-12-36)37-16-18(14-32-37)22-15-31-24-34-33-23(38(24)35-22)27(28,29)19-6-7-21-17(13-19)5-4-10-30-21/h4-7,10,13-16,20H,8-9,11-12H2,1-3H3. The van der Waals surface area contributed by atoms with Crippen LogP contribution < -0.4 is 0 Å². The van der Waals surface area contributed by atoms with Crippen molar-refractivity contribution in [2.45, 2.75) is 51.2 Å². The average Bonchev–Trinajstić information content (AvgIpc) is 3.60. The number of hydrogen-bond acceptors (Lipinski definition) is 8. The molecule has 4 aromatic heterocycles. The molecule has 206 valence electrons. The van der Waals surface area contributed by atoms with Crippen molar-refractivity contribution in [3.05, 3.63) is 66.5 Å². The van der Waals surface area contributed by atoms with E-state index in [1.54, 1.807) is 35.5 Å². The van der Waals surface area contributed by atoms with Crippen molar-refractivity contribution in [3.8, 4) is 11.3 Å². The van der Waals surface area contributed by atoms with Crippen LogP contribution in [0.15, 0.2) is 55.1 Å². The van der Waals surface area contributed by atoms with E-state index in [0.29, 0.717) is 48.1 Å². The van der Waals surface area contributed by atoms with Crippen LogP contribution in [0.1, 0.15) is 51.0 Å². The minimum absolute atomic E-state index is 0.0391. The molecule has 0 unspecified atom stereocenters. The molecule has 0 radical (unpaired) electrons. The van der Waals surface area contributed by atoms with Gasteiger partial charge >= 0.3 is 12.0 Å². The van der Waals surface area contributed by atoms with Crippen LogP contribution in [-0.4, -0.2) is 69.2 Å². The molecule has 5 heterocycles. The Bertz CT molecular complexity index is 1700. The van der Waals surface area contributed by atoms with Crippen LogP contribution in [0.5, 0.6) is 0 Å². The number of amides is 1. The molecule has 1 aromatic carbocycles. The number of nitrogens with zero attached hydrogens (tertiary/aromatic N) is 9. The van der Waals surface area contributed by atoms with E-state index in [1.807, 2.05) is 31.6 Å². The molecule has 0 spiro atoms. The zero-order valence-electron chi connectivity index (χ0n) is 22.2. The molecule has 1 aliphatic rings. The minimum Gasteiger partial charge on any atom is -0.444 e. The SMILES string of the molecule is CC(C)(C)OC(=O)N1CCC(n2cc(-c3cnc4nnc(C(F)(F)c5ccc6ncccc6c5)n4n3)cn2)CC1. The lowest BCUT2D eigenvalue weighted by molar-refractivity contribution is 0.0184. The molecule has 5 aromatic rings. The number of aromatic nitrogens is 8. The molecule has 11 nitrogen and oxygen atoms in total. The summed E-state index contributed by atoms with van der Waals surface area (Å²) in [6, 6.07) is 7.75. The molecule has 0 atom stereocenters. The number of ether oxygens (including phenoxy) is 1. The number of carbonyl (C=O) groups excluding carboxylic acids is 1. The Morgan fingerprint density at radius 3 is 2.62 bits per heavy atom. The number of likely N-dealkylation sites (tertiary alicyclic amines) is 1. The molecule has 0 aliphatic carbocycles. The molecule has 13 heteroatoms. The fraction of sp³-hybridized carbons (Fsp3) is 0.370. The highest BCUT2D eigenvalue weighted by Crippen LogP contribution is 2.36. The van der Waals surface area contributed by atoms with Gasteiger partial charge in [0, 0.05) is 42.0 Å². The van der Waals surface area contributed by atoms with E-state index in [1.165, 1.54) is 18.3 Å². The zero-order chi connectivity index (χ0) is 28.1. The van der Waals surface area contributed by atoms with Crippen molar-refractivity contribution < 1.29 is 18.3 Å². The topological polar surface area (TPSA) is 116 Å². The first kappa shape index (κ1) is 25.7. The summed E-state index contributed by atoms with van der Waals surface area (Å²) in [4.78, 5) is 22.5. The van der Waals surface area contributed by atoms with Gasteiger partial charge in [0.15, 0.2) is 0 Å². The highest BCUT2D eigenvalue weighted by atomic mass is 19.3. The van der Waals surface area contributed by atoms with E-state index in [0.717, 1.165) is 4.52 Å². The van der Waals surface area contributed by atoms with Gasteiger partial charge in [-0.25, -0.2) is 9.78 Å². The number of halogens is 2. The fourth-order valence-electron chi connectivity index (χ4n) is 4.73. The lowest BCUT2D eigenvalue weighted by Gasteiger charge is -2.33. The quantitative estimate of drug-likeness (QED) is 0.320. The number of hydrogen-bond donors (Lipinski definition) is 0. The summed E-state index contributed by atoms with van der Waals surface area (Å²) in [5.74, 6) is -4.16. The van der Waals surface area contributed by atoms with Crippen LogP contribution in [0.3, 0.4) is 0 Å². The second-order valence-electron chi connectivity index (χ2n) is 10.8. The molecule has 6 rings (SSSR count). The van der Waals surface area contributed by atoms with Crippen LogP contribution in [0.4, 0.5) is 13.6 Å². The van der Waals surface area contributed by atoms with Crippen molar-refractivity contribution in [2.24, 2.45) is 0 Å². The summed E-state index contributed by atoms with van der Waals surface area (Å²) in [5.41, 5.74) is 0.783. The van der Waals surface area contributed by atoms with Crippen molar-refractivity contribution in [1.82, 2.24) is 44.5 Å². The number of pyridine rings is 1. The van der Waals surface area contributed by atoms with Gasteiger partial charge in [-0.3, -0.25) is 9.67 Å². The fourth-order valence-corrected chi connectivity index (χ4v) is 4.73. The molecule has 1 fully saturated rings. The van der Waals surface area contributed by atoms with E-state index >= 15 is 8.78 Å². The number of benzene rings is 1. The minimum atomic E-state index is -3.48. The Hall–Kier alpha value is -4.55. The highest BCUT2D eigenvalue weighted by Gasteiger charge is 2.40. The van der Waals surface area contributed by atoms with Gasteiger partial charge in [0.05, 0.1) is 24.0 Å². The predicted molar refractivity (Wildman–Crippen MR) is 141 cm³/mol. The Kier molecular flexibility index (Phi) is 6.15. The Balaban J connectivity index is 1.23. The molecule has 1 aliphatic heterocycles. The van der Waals surface area contributed by atoms with E-state index in [-0.39, 0.29) is 23.5 Å². The van der Waals surface area contributed by atoms with Gasteiger partial charge in [0.1, 0.15) is 11.3 Å². The van der Waals surface area contributed by atoms with Crippen LogP contribution >= 0.6 is 0 Å². The molecule has 0 bridgehead atoms. The first-order chi connectivity index (χ1) is 19.1. The summed E-state index contributed by atoms with van der Waals surface area (Å²) in [6.45, 7) is 6.62. The van der Waals surface area contributed by atoms with Gasteiger partial charge in [-0.2, -0.15) is 23.5 Å². The number of rotatable bonds is 4. The summed E-state index contributed by atoms with van der Waals surface area (Å²) in [5, 5.41) is 17.0. The summed E-state index contributed by atoms with van der Waals surface area (Å²) < 4.78 is 39.6. The van der Waals surface area contributed by atoms with Crippen molar-refractivity contribution in [1.29, 1.82) is 0 Å². The monoisotopic (exact) mass is 547 g/mol. The number of piperidine rings is 1. The van der Waals surface area contributed by atoms with Gasteiger partial charge in [-0.1, -0.05) is 12.1 Å². The van der Waals surface area contributed by atoms with Gasteiger partial charge < -0.3 is 9.64 Å². The average molecular weight is 548 g/mol. The van der Waals surface area contributed by atoms with Crippen molar-refractivity contribution >= 4 is 22.8 Å². The molecular formula is C27H27F2N9O2. The molecule has 1 amide bonds. The first-order valence-corrected chi connectivity index (χ1v) is 12.9. The molecule has 0 N–H and O–H groups in total. The van der Waals surface area contributed by atoms with E-state index in [2.05, 4.69) is 30.4 Å². The molecule has 40 heavy (non-hydrogen) atoms. The molecule has 0 saturated carbocycles. The zero-order valence-corrected chi connectivity index (χ0v) is 22.2. The molecule has 1 saturated heterocycles. The van der Waals surface area contributed by atoms with E-state index < -0.39 is 17.3 Å². The van der Waals surface area contributed by atoms with Gasteiger partial charge in [-0.05, 0) is 51.8 Å². The van der Waals surface area contributed by atoms with E-state index in [9.17, 15) is 4.79 Å². The second-order valence-corrected chi connectivity index (χ2v) is 10.8. The van der Waals surface area contributed by atoms with Crippen LogP contribution in [0.2, 0.25) is 0 Å². The van der Waals surface area contributed by atoms with Gasteiger partial charge in [0.25, 0.3) is 5.78 Å². The highest BCUT2D eigenvalue weighted by molar-refractivity contribution is 5.79. The predicted octanol–water partition coefficient (Wildman–Crippen LogP) is 4.64. The normalized spacial score (nSPS) is 15.2. The number of carbonyl (C=O) groups is 1. The number of alkyl halides is 2. The summed E-state index contributed by atoms with van der Waals surface area (Å²) >= 11 is 0. The van der Waals surface area contributed by atoms with Crippen molar-refractivity contribution in [3.63, 3.8) is 0 Å². The van der Waals surface area contributed by atoms with Crippen molar-refractivity contribution in [2.75, 3.05) is 13.1 Å². The first-order valence-electron chi connectivity index (χ1n) is 12.9.